The van der Waals surface area contributed by atoms with Gasteiger partial charge in [0.2, 0.25) is 0 Å². The zero-order valence-corrected chi connectivity index (χ0v) is 12.3. The lowest BCUT2D eigenvalue weighted by molar-refractivity contribution is -0.262. The number of rotatable bonds is 4. The lowest BCUT2D eigenvalue weighted by Gasteiger charge is -2.44. The second kappa shape index (κ2) is 7.66. The number of hydrogen-bond donors (Lipinski definition) is 8. The summed E-state index contributed by atoms with van der Waals surface area (Å²) in [6, 6.07) is 0. The quantitative estimate of drug-likeness (QED) is 0.247. The van der Waals surface area contributed by atoms with Crippen LogP contribution in [0.1, 0.15) is 6.42 Å². The van der Waals surface area contributed by atoms with E-state index in [4.69, 9.17) is 19.7 Å². The zero-order valence-electron chi connectivity index (χ0n) is 12.3. The Hall–Kier alpha value is -0.400. The van der Waals surface area contributed by atoms with Crippen molar-refractivity contribution in [2.45, 2.75) is 67.5 Å². The molecule has 2 fully saturated rings. The molecule has 8 N–H and O–H groups in total. The highest BCUT2D eigenvalue weighted by Gasteiger charge is 2.48. The molecule has 23 heavy (non-hydrogen) atoms. The Morgan fingerprint density at radius 1 is 0.478 bits per heavy atom. The maximum Gasteiger partial charge on any atom is 0.111 e. The lowest BCUT2D eigenvalue weighted by atomic mass is 9.87. The molecule has 0 saturated carbocycles. The fraction of sp³-hybridized carbons (Fsp3) is 1.00. The van der Waals surface area contributed by atoms with E-state index in [0.717, 1.165) is 0 Å². The maximum absolute atomic E-state index is 9.96. The Morgan fingerprint density at radius 2 is 0.783 bits per heavy atom. The van der Waals surface area contributed by atoms with Gasteiger partial charge < -0.3 is 50.3 Å². The molecule has 2 unspecified atom stereocenters. The van der Waals surface area contributed by atoms with Gasteiger partial charge in [-0.15, -0.1) is 0 Å². The molecule has 10 heteroatoms. The highest BCUT2D eigenvalue weighted by molar-refractivity contribution is 4.97. The minimum atomic E-state index is -1.56. The van der Waals surface area contributed by atoms with Crippen LogP contribution in [0.4, 0.5) is 0 Å². The van der Waals surface area contributed by atoms with Gasteiger partial charge in [0.25, 0.3) is 0 Å². The average Bonchev–Trinajstić information content (AvgIpc) is 2.55. The van der Waals surface area contributed by atoms with Gasteiger partial charge in [0, 0.05) is 6.42 Å². The summed E-state index contributed by atoms with van der Waals surface area (Å²) < 4.78 is 10.6. The van der Waals surface area contributed by atoms with E-state index in [1.807, 2.05) is 0 Å². The van der Waals surface area contributed by atoms with E-state index in [2.05, 4.69) is 0 Å². The molecule has 10 atom stereocenters. The first-order valence-corrected chi connectivity index (χ1v) is 7.42. The summed E-state index contributed by atoms with van der Waals surface area (Å²) in [6.45, 7) is -1.17. The summed E-state index contributed by atoms with van der Waals surface area (Å²) in [7, 11) is 0. The van der Waals surface area contributed by atoms with Crippen LogP contribution in [0.5, 0.6) is 0 Å². The van der Waals surface area contributed by atoms with E-state index in [0.29, 0.717) is 0 Å². The van der Waals surface area contributed by atoms with Crippen molar-refractivity contribution in [3.8, 4) is 0 Å². The van der Waals surface area contributed by atoms with Gasteiger partial charge in [-0.2, -0.15) is 0 Å². The molecule has 0 aromatic heterocycles. The number of ether oxygens (including phenoxy) is 2. The van der Waals surface area contributed by atoms with Gasteiger partial charge in [-0.1, -0.05) is 0 Å². The zero-order chi connectivity index (χ0) is 17.3. The first kappa shape index (κ1) is 18.9. The summed E-state index contributed by atoms with van der Waals surface area (Å²) in [6.07, 6.45) is -13.7. The maximum atomic E-state index is 9.96. The number of hydrogen-bond acceptors (Lipinski definition) is 10. The highest BCUT2D eigenvalue weighted by Crippen LogP contribution is 2.29. The average molecular weight is 340 g/mol. The van der Waals surface area contributed by atoms with Crippen LogP contribution in [0.15, 0.2) is 0 Å². The third kappa shape index (κ3) is 3.66. The van der Waals surface area contributed by atoms with Crippen LogP contribution in [-0.2, 0) is 9.47 Å². The molecule has 136 valence electrons. The SMILES string of the molecule is OC[C@H]1OC(CC2O[C@H](CO)[C@@H](O)[C@H](O)[C@@H]2O)[C@@H](O)[C@@H](O)[C@@H]1O. The second-order valence-corrected chi connectivity index (χ2v) is 5.97. The Balaban J connectivity index is 2.07. The fourth-order valence-electron chi connectivity index (χ4n) is 2.98. The van der Waals surface area contributed by atoms with Crippen LogP contribution in [0.3, 0.4) is 0 Å². The Kier molecular flexibility index (Phi) is 6.30. The second-order valence-electron chi connectivity index (χ2n) is 5.97. The van der Waals surface area contributed by atoms with E-state index in [1.54, 1.807) is 0 Å². The van der Waals surface area contributed by atoms with Gasteiger partial charge in [0.1, 0.15) is 48.8 Å². The van der Waals surface area contributed by atoms with Crippen LogP contribution in [0, 0.1) is 0 Å². The van der Waals surface area contributed by atoms with E-state index in [-0.39, 0.29) is 6.42 Å². The molecule has 2 heterocycles. The van der Waals surface area contributed by atoms with Crippen molar-refractivity contribution < 1.29 is 50.3 Å². The number of aliphatic hydroxyl groups is 8. The largest absolute Gasteiger partial charge is 0.394 e. The van der Waals surface area contributed by atoms with Crippen molar-refractivity contribution in [3.63, 3.8) is 0 Å². The van der Waals surface area contributed by atoms with Gasteiger partial charge in [0.15, 0.2) is 0 Å². The minimum absolute atomic E-state index is 0.192. The molecule has 0 aliphatic carbocycles. The van der Waals surface area contributed by atoms with Crippen molar-refractivity contribution in [1.29, 1.82) is 0 Å². The molecule has 0 bridgehead atoms. The Labute approximate surface area is 132 Å². The van der Waals surface area contributed by atoms with Gasteiger partial charge in [-0.05, 0) is 0 Å². The van der Waals surface area contributed by atoms with Crippen LogP contribution in [0.25, 0.3) is 0 Å². The summed E-state index contributed by atoms with van der Waals surface area (Å²) in [5.41, 5.74) is 0. The van der Waals surface area contributed by atoms with Gasteiger partial charge in [-0.3, -0.25) is 0 Å². The van der Waals surface area contributed by atoms with Crippen LogP contribution >= 0.6 is 0 Å². The van der Waals surface area contributed by atoms with E-state index in [1.165, 1.54) is 0 Å². The molecular weight excluding hydrogens is 316 g/mol. The fourth-order valence-corrected chi connectivity index (χ4v) is 2.98. The third-order valence-corrected chi connectivity index (χ3v) is 4.45. The van der Waals surface area contributed by atoms with Crippen LogP contribution in [0.2, 0.25) is 0 Å². The standard InChI is InChI=1S/C13H24O10/c14-2-6-10(18)12(20)8(16)4(22-6)1-5-9(17)13(21)11(19)7(3-15)23-5/h4-21H,1-3H2/t4?,5?,6-,7-,8-,9-,10-,11-,12-,13-/m1/s1. The topological polar surface area (TPSA) is 180 Å². The van der Waals surface area contributed by atoms with Crippen molar-refractivity contribution in [2.24, 2.45) is 0 Å². The van der Waals surface area contributed by atoms with E-state index in [9.17, 15) is 30.6 Å². The molecule has 0 spiro atoms. The van der Waals surface area contributed by atoms with Gasteiger partial charge in [-0.25, -0.2) is 0 Å². The van der Waals surface area contributed by atoms with E-state index < -0.39 is 74.3 Å². The smallest absolute Gasteiger partial charge is 0.111 e. The molecule has 2 rings (SSSR count). The Morgan fingerprint density at radius 3 is 1.09 bits per heavy atom. The number of aliphatic hydroxyl groups excluding tert-OH is 8. The summed E-state index contributed by atoms with van der Waals surface area (Å²) in [5, 5.41) is 77.1. The molecule has 0 aromatic rings. The van der Waals surface area contributed by atoms with Crippen LogP contribution in [-0.4, -0.2) is 115 Å². The minimum Gasteiger partial charge on any atom is -0.394 e. The Bertz CT molecular complexity index is 344. The van der Waals surface area contributed by atoms with Crippen molar-refractivity contribution in [1.82, 2.24) is 0 Å². The predicted octanol–water partition coefficient (Wildman–Crippen LogP) is -4.94. The molecule has 0 aromatic carbocycles. The third-order valence-electron chi connectivity index (χ3n) is 4.45. The molecular formula is C13H24O10. The van der Waals surface area contributed by atoms with Crippen molar-refractivity contribution >= 4 is 0 Å². The monoisotopic (exact) mass is 340 g/mol. The molecule has 0 amide bonds. The van der Waals surface area contributed by atoms with Gasteiger partial charge in [0.05, 0.1) is 25.4 Å². The van der Waals surface area contributed by atoms with Crippen molar-refractivity contribution in [2.75, 3.05) is 13.2 Å². The molecule has 2 aliphatic rings. The molecule has 10 nitrogen and oxygen atoms in total. The van der Waals surface area contributed by atoms with Gasteiger partial charge >= 0.3 is 0 Å². The first-order chi connectivity index (χ1) is 10.8. The van der Waals surface area contributed by atoms with E-state index >= 15 is 0 Å². The normalized spacial score (nSPS) is 51.7. The predicted molar refractivity (Wildman–Crippen MR) is 72.2 cm³/mol. The lowest BCUT2D eigenvalue weighted by Crippen LogP contribution is -2.62. The van der Waals surface area contributed by atoms with Crippen LogP contribution < -0.4 is 0 Å². The molecule has 0 radical (unpaired) electrons. The first-order valence-electron chi connectivity index (χ1n) is 7.42. The highest BCUT2D eigenvalue weighted by atomic mass is 16.6. The summed E-state index contributed by atoms with van der Waals surface area (Å²) >= 11 is 0. The summed E-state index contributed by atoms with van der Waals surface area (Å²) in [5.74, 6) is 0. The molecule has 2 aliphatic heterocycles. The van der Waals surface area contributed by atoms with Crippen molar-refractivity contribution in [3.05, 3.63) is 0 Å². The summed E-state index contributed by atoms with van der Waals surface area (Å²) in [4.78, 5) is 0. The molecule has 2 saturated heterocycles.